The summed E-state index contributed by atoms with van der Waals surface area (Å²) < 4.78 is 0.837. The van der Waals surface area contributed by atoms with E-state index in [0.29, 0.717) is 12.1 Å². The molecule has 2 N–H and O–H groups in total. The Labute approximate surface area is 105 Å². The number of aryl methyl sites for hydroxylation is 1. The lowest BCUT2D eigenvalue weighted by atomic mass is 10.1. The number of carbonyl (C=O) groups excluding carboxylic acids is 1. The molecule has 0 spiro atoms. The summed E-state index contributed by atoms with van der Waals surface area (Å²) in [6, 6.07) is 5.76. The van der Waals surface area contributed by atoms with Gasteiger partial charge in [-0.1, -0.05) is 11.6 Å². The first-order chi connectivity index (χ1) is 7.65. The molecule has 1 aromatic carbocycles. The van der Waals surface area contributed by atoms with Gasteiger partial charge in [-0.25, -0.2) is 0 Å². The van der Waals surface area contributed by atoms with E-state index < -0.39 is 0 Å². The minimum absolute atomic E-state index is 0.0216. The number of rotatable bonds is 5. The average Bonchev–Trinajstić information content (AvgIpc) is 2.27. The number of amides is 1. The molecule has 88 valence electrons. The Morgan fingerprint density at radius 2 is 2.12 bits per heavy atom. The molecule has 16 heavy (non-hydrogen) atoms. The van der Waals surface area contributed by atoms with Gasteiger partial charge in [0.25, 0.3) is 5.91 Å². The van der Waals surface area contributed by atoms with E-state index in [1.165, 1.54) is 0 Å². The topological polar surface area (TPSA) is 41.1 Å². The number of hydrogen-bond acceptors (Lipinski definition) is 2. The van der Waals surface area contributed by atoms with Crippen LogP contribution in [-0.2, 0) is 0 Å². The minimum atomic E-state index is -0.0216. The lowest BCUT2D eigenvalue weighted by Crippen LogP contribution is -2.26. The molecule has 0 bridgehead atoms. The number of nitrogens with one attached hydrogen (secondary N) is 2. The average molecular weight is 285 g/mol. The summed E-state index contributed by atoms with van der Waals surface area (Å²) in [5.74, 6) is -0.0216. The van der Waals surface area contributed by atoms with Crippen LogP contribution >= 0.6 is 15.9 Å². The van der Waals surface area contributed by atoms with Gasteiger partial charge in [-0.3, -0.25) is 4.79 Å². The second-order valence-corrected chi connectivity index (χ2v) is 4.55. The van der Waals surface area contributed by atoms with Gasteiger partial charge in [0.1, 0.15) is 0 Å². The van der Waals surface area contributed by atoms with Gasteiger partial charge in [0.05, 0.1) is 5.56 Å². The maximum atomic E-state index is 11.8. The van der Waals surface area contributed by atoms with E-state index in [9.17, 15) is 4.79 Å². The van der Waals surface area contributed by atoms with Crippen molar-refractivity contribution in [3.05, 3.63) is 33.8 Å². The molecule has 1 amide bonds. The number of halogens is 1. The van der Waals surface area contributed by atoms with Crippen LogP contribution in [0, 0.1) is 6.92 Å². The second-order valence-electron chi connectivity index (χ2n) is 3.70. The van der Waals surface area contributed by atoms with Crippen molar-refractivity contribution < 1.29 is 4.79 Å². The smallest absolute Gasteiger partial charge is 0.252 e. The van der Waals surface area contributed by atoms with Crippen LogP contribution in [0.4, 0.5) is 0 Å². The van der Waals surface area contributed by atoms with E-state index in [2.05, 4.69) is 26.6 Å². The highest BCUT2D eigenvalue weighted by molar-refractivity contribution is 9.10. The van der Waals surface area contributed by atoms with Crippen molar-refractivity contribution in [3.63, 3.8) is 0 Å². The van der Waals surface area contributed by atoms with E-state index in [0.717, 1.165) is 23.0 Å². The summed E-state index contributed by atoms with van der Waals surface area (Å²) in [4.78, 5) is 11.8. The van der Waals surface area contributed by atoms with Gasteiger partial charge in [0.2, 0.25) is 0 Å². The summed E-state index contributed by atoms with van der Waals surface area (Å²) in [7, 11) is 1.90. The van der Waals surface area contributed by atoms with Crippen molar-refractivity contribution in [2.75, 3.05) is 20.1 Å². The number of carbonyl (C=O) groups is 1. The fourth-order valence-corrected chi connectivity index (χ4v) is 1.80. The lowest BCUT2D eigenvalue weighted by molar-refractivity contribution is 0.0952. The van der Waals surface area contributed by atoms with E-state index in [1.807, 2.05) is 32.2 Å². The molecule has 3 nitrogen and oxygen atoms in total. The lowest BCUT2D eigenvalue weighted by Gasteiger charge is -2.07. The van der Waals surface area contributed by atoms with Crippen molar-refractivity contribution in [2.24, 2.45) is 0 Å². The van der Waals surface area contributed by atoms with Crippen LogP contribution in [-0.4, -0.2) is 26.0 Å². The highest BCUT2D eigenvalue weighted by atomic mass is 79.9. The van der Waals surface area contributed by atoms with Crippen LogP contribution in [0.5, 0.6) is 0 Å². The molecule has 0 atom stereocenters. The van der Waals surface area contributed by atoms with Crippen molar-refractivity contribution >= 4 is 21.8 Å². The Balaban J connectivity index is 2.55. The normalized spacial score (nSPS) is 10.2. The van der Waals surface area contributed by atoms with Crippen molar-refractivity contribution in [1.29, 1.82) is 0 Å². The van der Waals surface area contributed by atoms with Crippen molar-refractivity contribution in [1.82, 2.24) is 10.6 Å². The summed E-state index contributed by atoms with van der Waals surface area (Å²) in [6.07, 6.45) is 0.936. The van der Waals surface area contributed by atoms with Crippen LogP contribution in [0.1, 0.15) is 22.3 Å². The zero-order valence-electron chi connectivity index (χ0n) is 9.64. The van der Waals surface area contributed by atoms with Crippen molar-refractivity contribution in [3.8, 4) is 0 Å². The highest BCUT2D eigenvalue weighted by Gasteiger charge is 2.08. The maximum Gasteiger partial charge on any atom is 0.252 e. The molecule has 0 aliphatic carbocycles. The molecule has 0 aromatic heterocycles. The summed E-state index contributed by atoms with van der Waals surface area (Å²) in [6.45, 7) is 3.58. The third kappa shape index (κ3) is 3.94. The van der Waals surface area contributed by atoms with E-state index in [4.69, 9.17) is 0 Å². The Bertz CT molecular complexity index is 366. The Morgan fingerprint density at radius 3 is 2.81 bits per heavy atom. The quantitative estimate of drug-likeness (QED) is 0.813. The van der Waals surface area contributed by atoms with Crippen molar-refractivity contribution in [2.45, 2.75) is 13.3 Å². The van der Waals surface area contributed by atoms with Crippen LogP contribution < -0.4 is 10.6 Å². The van der Waals surface area contributed by atoms with Gasteiger partial charge in [0, 0.05) is 11.0 Å². The van der Waals surface area contributed by atoms with Gasteiger partial charge in [-0.15, -0.1) is 0 Å². The minimum Gasteiger partial charge on any atom is -0.352 e. The van der Waals surface area contributed by atoms with Crippen LogP contribution in [0.2, 0.25) is 0 Å². The molecular weight excluding hydrogens is 268 g/mol. The van der Waals surface area contributed by atoms with Gasteiger partial charge >= 0.3 is 0 Å². The third-order valence-electron chi connectivity index (χ3n) is 2.26. The first-order valence-corrected chi connectivity index (χ1v) is 6.13. The third-order valence-corrected chi connectivity index (χ3v) is 2.95. The van der Waals surface area contributed by atoms with Crippen LogP contribution in [0.25, 0.3) is 0 Å². The zero-order valence-corrected chi connectivity index (χ0v) is 11.2. The largest absolute Gasteiger partial charge is 0.352 e. The zero-order chi connectivity index (χ0) is 12.0. The first-order valence-electron chi connectivity index (χ1n) is 5.34. The predicted molar refractivity (Wildman–Crippen MR) is 69.8 cm³/mol. The molecule has 4 heteroatoms. The molecule has 0 aliphatic rings. The maximum absolute atomic E-state index is 11.8. The molecule has 0 saturated heterocycles. The van der Waals surface area contributed by atoms with Crippen LogP contribution in [0.3, 0.4) is 0 Å². The molecule has 1 aromatic rings. The van der Waals surface area contributed by atoms with Gasteiger partial charge in [-0.2, -0.15) is 0 Å². The summed E-state index contributed by atoms with van der Waals surface area (Å²) in [5, 5.41) is 5.93. The predicted octanol–water partition coefficient (Wildman–Crippen LogP) is 2.10. The second kappa shape index (κ2) is 6.66. The standard InChI is InChI=1S/C12H17BrN2O/c1-9-4-5-11(13)10(8-9)12(16)15-7-3-6-14-2/h4-5,8,14H,3,6-7H2,1-2H3,(H,15,16). The van der Waals surface area contributed by atoms with Gasteiger partial charge < -0.3 is 10.6 Å². The van der Waals surface area contributed by atoms with E-state index in [-0.39, 0.29) is 5.91 Å². The number of hydrogen-bond donors (Lipinski definition) is 2. The molecule has 0 saturated carbocycles. The first kappa shape index (κ1) is 13.2. The highest BCUT2D eigenvalue weighted by Crippen LogP contribution is 2.17. The van der Waals surface area contributed by atoms with Gasteiger partial charge in [-0.05, 0) is 55.0 Å². The summed E-state index contributed by atoms with van der Waals surface area (Å²) >= 11 is 3.38. The fraction of sp³-hybridized carbons (Fsp3) is 0.417. The molecule has 0 fully saturated rings. The Hall–Kier alpha value is -0.870. The van der Waals surface area contributed by atoms with E-state index >= 15 is 0 Å². The molecular formula is C12H17BrN2O. The van der Waals surface area contributed by atoms with E-state index in [1.54, 1.807) is 0 Å². The molecule has 1 rings (SSSR count). The molecule has 0 unspecified atom stereocenters. The molecule has 0 radical (unpaired) electrons. The fourth-order valence-electron chi connectivity index (χ4n) is 1.38. The van der Waals surface area contributed by atoms with Gasteiger partial charge in [0.15, 0.2) is 0 Å². The Kier molecular flexibility index (Phi) is 5.49. The number of benzene rings is 1. The van der Waals surface area contributed by atoms with Crippen LogP contribution in [0.15, 0.2) is 22.7 Å². The molecule has 0 aliphatic heterocycles. The Morgan fingerprint density at radius 1 is 1.38 bits per heavy atom. The monoisotopic (exact) mass is 284 g/mol. The molecule has 0 heterocycles. The summed E-state index contributed by atoms with van der Waals surface area (Å²) in [5.41, 5.74) is 1.79. The SMILES string of the molecule is CNCCCNC(=O)c1cc(C)ccc1Br.